The van der Waals surface area contributed by atoms with Crippen molar-refractivity contribution in [2.75, 3.05) is 44.3 Å². The number of carbonyl (C=O) groups excluding carboxylic acids is 2. The first kappa shape index (κ1) is 29.0. The Morgan fingerprint density at radius 1 is 0.957 bits per heavy atom. The van der Waals surface area contributed by atoms with E-state index < -0.39 is 5.97 Å². The number of benzene rings is 3. The number of phenolic OH excluding ortho intramolecular Hbond substituents is 1. The van der Waals surface area contributed by atoms with Crippen molar-refractivity contribution in [3.8, 4) is 22.9 Å². The summed E-state index contributed by atoms with van der Waals surface area (Å²) in [4.78, 5) is 41.2. The van der Waals surface area contributed by atoms with E-state index in [9.17, 15) is 14.7 Å². The number of hydrogen-bond donors (Lipinski definition) is 1. The van der Waals surface area contributed by atoms with Crippen LogP contribution in [-0.4, -0.2) is 93.8 Å². The van der Waals surface area contributed by atoms with Crippen LogP contribution in [0.25, 0.3) is 32.8 Å². The fourth-order valence-electron chi connectivity index (χ4n) is 8.48. The van der Waals surface area contributed by atoms with E-state index in [1.807, 2.05) is 23.1 Å². The average Bonchev–Trinajstić information content (AvgIpc) is 3.72. The van der Waals surface area contributed by atoms with Gasteiger partial charge in [-0.05, 0) is 97.8 Å². The molecule has 10 heteroatoms. The molecule has 0 spiro atoms. The molecule has 4 fully saturated rings. The van der Waals surface area contributed by atoms with E-state index in [-0.39, 0.29) is 35.9 Å². The van der Waals surface area contributed by atoms with Gasteiger partial charge in [0.25, 0.3) is 5.91 Å². The second kappa shape index (κ2) is 11.4. The van der Waals surface area contributed by atoms with Gasteiger partial charge in [0.2, 0.25) is 0 Å². The van der Waals surface area contributed by atoms with E-state index in [0.717, 1.165) is 77.4 Å². The minimum atomic E-state index is -0.449. The van der Waals surface area contributed by atoms with Crippen molar-refractivity contribution in [3.63, 3.8) is 0 Å². The summed E-state index contributed by atoms with van der Waals surface area (Å²) in [5.74, 6) is 0.437. The van der Waals surface area contributed by atoms with Crippen LogP contribution in [0.3, 0.4) is 0 Å². The van der Waals surface area contributed by atoms with E-state index in [0.29, 0.717) is 25.7 Å². The molecule has 238 valence electrons. The molecule has 4 aliphatic heterocycles. The number of ether oxygens (including phenoxy) is 2. The molecular formula is C36H39N5O5. The topological polar surface area (TPSA) is 108 Å². The SMILES string of the molecule is CC(=O)OCC(=O)N1[C@@H]2CC[C@H]1CN(c1nc(OCC34CCCN3CCC4)nc3cc(-c4cc(O)cc5ccccc45)ccc13)C2. The normalized spacial score (nSPS) is 22.0. The van der Waals surface area contributed by atoms with Crippen LogP contribution in [0.2, 0.25) is 0 Å². The van der Waals surface area contributed by atoms with Gasteiger partial charge in [0.15, 0.2) is 6.61 Å². The molecule has 10 nitrogen and oxygen atoms in total. The van der Waals surface area contributed by atoms with Crippen LogP contribution in [0.1, 0.15) is 45.4 Å². The molecule has 0 aliphatic carbocycles. The highest BCUT2D eigenvalue weighted by Crippen LogP contribution is 2.41. The fourth-order valence-corrected chi connectivity index (χ4v) is 8.48. The van der Waals surface area contributed by atoms with Crippen molar-refractivity contribution >= 4 is 39.4 Å². The molecule has 2 atom stereocenters. The number of amides is 1. The van der Waals surface area contributed by atoms with Crippen molar-refractivity contribution in [2.45, 2.75) is 63.1 Å². The van der Waals surface area contributed by atoms with Gasteiger partial charge in [0.1, 0.15) is 18.2 Å². The lowest BCUT2D eigenvalue weighted by atomic mass is 9.95. The summed E-state index contributed by atoms with van der Waals surface area (Å²) in [6, 6.07) is 18.2. The summed E-state index contributed by atoms with van der Waals surface area (Å²) >= 11 is 0. The van der Waals surface area contributed by atoms with Gasteiger partial charge in [-0.15, -0.1) is 0 Å². The molecule has 4 aromatic rings. The summed E-state index contributed by atoms with van der Waals surface area (Å²) in [5, 5.41) is 13.5. The number of carbonyl (C=O) groups is 2. The number of hydrogen-bond acceptors (Lipinski definition) is 9. The predicted octanol–water partition coefficient (Wildman–Crippen LogP) is 4.91. The number of fused-ring (bicyclic) bond motifs is 5. The molecule has 0 unspecified atom stereocenters. The maximum atomic E-state index is 13.0. The molecule has 4 aliphatic rings. The van der Waals surface area contributed by atoms with Gasteiger partial charge >= 0.3 is 12.0 Å². The number of anilines is 1. The molecule has 1 N–H and O–H groups in total. The molecule has 1 aromatic heterocycles. The molecule has 0 radical (unpaired) electrons. The highest BCUT2D eigenvalue weighted by atomic mass is 16.5. The quantitative estimate of drug-likeness (QED) is 0.288. The van der Waals surface area contributed by atoms with Gasteiger partial charge in [0, 0.05) is 37.5 Å². The molecule has 5 heterocycles. The van der Waals surface area contributed by atoms with Gasteiger partial charge in [-0.25, -0.2) is 0 Å². The summed E-state index contributed by atoms with van der Waals surface area (Å²) < 4.78 is 11.6. The van der Waals surface area contributed by atoms with Crippen molar-refractivity contribution in [3.05, 3.63) is 54.6 Å². The highest BCUT2D eigenvalue weighted by Gasteiger charge is 2.46. The average molecular weight is 622 g/mol. The summed E-state index contributed by atoms with van der Waals surface area (Å²) in [6.07, 6.45) is 6.44. The van der Waals surface area contributed by atoms with Gasteiger partial charge in [-0.2, -0.15) is 9.97 Å². The van der Waals surface area contributed by atoms with Crippen LogP contribution in [0, 0.1) is 0 Å². The third-order valence-electron chi connectivity index (χ3n) is 10.6. The van der Waals surface area contributed by atoms with E-state index in [4.69, 9.17) is 19.4 Å². The zero-order valence-corrected chi connectivity index (χ0v) is 26.2. The zero-order valence-electron chi connectivity index (χ0n) is 26.2. The van der Waals surface area contributed by atoms with Crippen LogP contribution >= 0.6 is 0 Å². The third-order valence-corrected chi connectivity index (χ3v) is 10.6. The maximum absolute atomic E-state index is 13.0. The van der Waals surface area contributed by atoms with E-state index in [2.05, 4.69) is 34.1 Å². The number of nitrogens with zero attached hydrogens (tertiary/aromatic N) is 5. The van der Waals surface area contributed by atoms with Crippen LogP contribution < -0.4 is 9.64 Å². The van der Waals surface area contributed by atoms with Crippen LogP contribution in [-0.2, 0) is 14.3 Å². The molecule has 46 heavy (non-hydrogen) atoms. The lowest BCUT2D eigenvalue weighted by molar-refractivity contribution is -0.151. The Morgan fingerprint density at radius 2 is 1.72 bits per heavy atom. The van der Waals surface area contributed by atoms with E-state index in [1.165, 1.54) is 19.8 Å². The molecule has 3 aromatic carbocycles. The largest absolute Gasteiger partial charge is 0.508 e. The Hall–Kier alpha value is -4.44. The minimum Gasteiger partial charge on any atom is -0.508 e. The number of aromatic nitrogens is 2. The fraction of sp³-hybridized carbons (Fsp3) is 0.444. The lowest BCUT2D eigenvalue weighted by Gasteiger charge is -2.41. The number of aromatic hydroxyl groups is 1. The molecule has 2 bridgehead atoms. The lowest BCUT2D eigenvalue weighted by Crippen LogP contribution is -2.57. The Morgan fingerprint density at radius 3 is 2.48 bits per heavy atom. The number of rotatable bonds is 7. The van der Waals surface area contributed by atoms with Crippen molar-refractivity contribution in [1.82, 2.24) is 19.8 Å². The first-order valence-corrected chi connectivity index (χ1v) is 16.5. The molecular weight excluding hydrogens is 582 g/mol. The smallest absolute Gasteiger partial charge is 0.319 e. The Labute approximate surface area is 267 Å². The van der Waals surface area contributed by atoms with Gasteiger partial charge in [-0.3, -0.25) is 14.5 Å². The first-order chi connectivity index (χ1) is 22.4. The summed E-state index contributed by atoms with van der Waals surface area (Å²) in [6.45, 7) is 5.18. The highest BCUT2D eigenvalue weighted by molar-refractivity contribution is 6.01. The monoisotopic (exact) mass is 621 g/mol. The first-order valence-electron chi connectivity index (χ1n) is 16.5. The van der Waals surface area contributed by atoms with Crippen LogP contribution in [0.15, 0.2) is 54.6 Å². The van der Waals surface area contributed by atoms with Crippen molar-refractivity contribution < 1.29 is 24.2 Å². The Bertz CT molecular complexity index is 1820. The minimum absolute atomic E-state index is 0.0125. The van der Waals surface area contributed by atoms with E-state index >= 15 is 0 Å². The van der Waals surface area contributed by atoms with Crippen LogP contribution in [0.4, 0.5) is 5.82 Å². The Kier molecular flexibility index (Phi) is 7.20. The second-order valence-corrected chi connectivity index (χ2v) is 13.4. The molecule has 1 amide bonds. The van der Waals surface area contributed by atoms with Gasteiger partial charge in [-0.1, -0.05) is 30.3 Å². The third kappa shape index (κ3) is 5.08. The van der Waals surface area contributed by atoms with Gasteiger partial charge < -0.3 is 24.4 Å². The summed E-state index contributed by atoms with van der Waals surface area (Å²) in [7, 11) is 0. The predicted molar refractivity (Wildman–Crippen MR) is 175 cm³/mol. The standard InChI is InChI=1S/C36H39N5O5/c1-23(42)45-21-33(44)41-26-9-10-27(41)20-39(19-26)34-30-11-8-25(31-18-28(43)16-24-6-2-3-7-29(24)31)17-32(30)37-35(38-34)46-22-36-12-4-14-40(36)15-5-13-36/h2-3,6-8,11,16-18,26-27,43H,4-5,9-10,12-15,19-22H2,1H3/t26-,27+. The maximum Gasteiger partial charge on any atom is 0.319 e. The Balaban J connectivity index is 1.16. The molecule has 4 saturated heterocycles. The van der Waals surface area contributed by atoms with E-state index in [1.54, 1.807) is 12.1 Å². The molecule has 8 rings (SSSR count). The molecule has 0 saturated carbocycles. The zero-order chi connectivity index (χ0) is 31.4. The number of piperazine rings is 1. The van der Waals surface area contributed by atoms with Crippen molar-refractivity contribution in [2.24, 2.45) is 0 Å². The van der Waals surface area contributed by atoms with Gasteiger partial charge in [0.05, 0.1) is 11.1 Å². The summed E-state index contributed by atoms with van der Waals surface area (Å²) in [5.41, 5.74) is 2.73. The number of phenols is 1. The second-order valence-electron chi connectivity index (χ2n) is 13.4. The van der Waals surface area contributed by atoms with Crippen molar-refractivity contribution in [1.29, 1.82) is 0 Å². The van der Waals surface area contributed by atoms with Crippen LogP contribution in [0.5, 0.6) is 11.8 Å². The number of esters is 1.